The Balaban J connectivity index is -0.000000156. The van der Waals surface area contributed by atoms with Gasteiger partial charge in [-0.1, -0.05) is 6.92 Å². The third-order valence-corrected chi connectivity index (χ3v) is 5.57. The minimum atomic E-state index is -3.14. The molecule has 0 aliphatic carbocycles. The van der Waals surface area contributed by atoms with E-state index in [-0.39, 0.29) is 13.2 Å². The highest BCUT2D eigenvalue weighted by molar-refractivity contribution is 7.53. The van der Waals surface area contributed by atoms with Crippen molar-refractivity contribution in [3.8, 4) is 0 Å². The lowest BCUT2D eigenvalue weighted by molar-refractivity contribution is -0.0980. The molecule has 0 saturated heterocycles. The second kappa shape index (κ2) is 25.8. The molecule has 0 aromatic heterocycles. The van der Waals surface area contributed by atoms with Crippen LogP contribution >= 0.6 is 15.9 Å². The van der Waals surface area contributed by atoms with Crippen LogP contribution in [-0.2, 0) is 32.0 Å². The molecule has 29 heavy (non-hydrogen) atoms. The molecular weight excluding hydrogens is 420 g/mol. The van der Waals surface area contributed by atoms with Gasteiger partial charge in [-0.2, -0.15) is 0 Å². The van der Waals surface area contributed by atoms with Gasteiger partial charge in [0.2, 0.25) is 0 Å². The molecule has 0 bridgehead atoms. The SMILES string of the molecule is C=O.CCN(C(C)C)C(C)C.CCOP(=O)(CO)OCC.CCO[P+](=O)OCC. The van der Waals surface area contributed by atoms with Crippen molar-refractivity contribution in [3.05, 3.63) is 0 Å². The summed E-state index contributed by atoms with van der Waals surface area (Å²) in [5.41, 5.74) is 0. The van der Waals surface area contributed by atoms with E-state index in [1.165, 1.54) is 0 Å². The average Bonchev–Trinajstić information content (AvgIpc) is 2.65. The Morgan fingerprint density at radius 3 is 1.34 bits per heavy atom. The molecule has 0 atom stereocenters. The number of rotatable bonds is 12. The van der Waals surface area contributed by atoms with Crippen LogP contribution in [-0.4, -0.2) is 68.2 Å². The second-order valence-electron chi connectivity index (χ2n) is 5.66. The number of carbonyl (C=O) groups is 1. The molecule has 11 heteroatoms. The van der Waals surface area contributed by atoms with Gasteiger partial charge in [0.15, 0.2) is 0 Å². The molecule has 0 rings (SSSR count). The molecule has 178 valence electrons. The number of hydrogen-bond donors (Lipinski definition) is 1. The van der Waals surface area contributed by atoms with Gasteiger partial charge in [-0.05, 0) is 61.9 Å². The van der Waals surface area contributed by atoms with E-state index in [2.05, 4.69) is 48.6 Å². The first kappa shape index (κ1) is 36.2. The lowest BCUT2D eigenvalue weighted by Gasteiger charge is -2.28. The van der Waals surface area contributed by atoms with E-state index in [9.17, 15) is 9.13 Å². The van der Waals surface area contributed by atoms with Crippen molar-refractivity contribution in [1.29, 1.82) is 0 Å². The van der Waals surface area contributed by atoms with Gasteiger partial charge < -0.3 is 18.9 Å². The Bertz CT molecular complexity index is 372. The number of aliphatic hydroxyl groups excluding tert-OH is 1. The second-order valence-corrected chi connectivity index (χ2v) is 8.65. The van der Waals surface area contributed by atoms with Gasteiger partial charge in [0, 0.05) is 16.6 Å². The van der Waals surface area contributed by atoms with Gasteiger partial charge in [0.05, 0.1) is 13.2 Å². The maximum Gasteiger partial charge on any atom is 0.697 e. The highest BCUT2D eigenvalue weighted by atomic mass is 31.2. The third-order valence-electron chi connectivity index (χ3n) is 2.99. The zero-order valence-electron chi connectivity index (χ0n) is 19.8. The maximum atomic E-state index is 11.1. The fraction of sp³-hybridized carbons (Fsp3) is 0.944. The molecule has 0 aliphatic rings. The maximum absolute atomic E-state index is 11.1. The third kappa shape index (κ3) is 25.7. The van der Waals surface area contributed by atoms with Gasteiger partial charge >= 0.3 is 15.9 Å². The number of hydrogen-bond acceptors (Lipinski definition) is 9. The van der Waals surface area contributed by atoms with Crippen LogP contribution in [0.2, 0.25) is 0 Å². The lowest BCUT2D eigenvalue weighted by Crippen LogP contribution is -2.36. The lowest BCUT2D eigenvalue weighted by atomic mass is 10.2. The van der Waals surface area contributed by atoms with E-state index in [0.717, 1.165) is 6.54 Å². The van der Waals surface area contributed by atoms with Crippen LogP contribution in [0.1, 0.15) is 62.3 Å². The summed E-state index contributed by atoms with van der Waals surface area (Å²) in [6.45, 7) is 22.7. The van der Waals surface area contributed by atoms with Crippen LogP contribution in [0.15, 0.2) is 0 Å². The van der Waals surface area contributed by atoms with Crippen LogP contribution in [0.25, 0.3) is 0 Å². The largest absolute Gasteiger partial charge is 0.697 e. The Kier molecular flexibility index (Phi) is 32.2. The highest BCUT2D eigenvalue weighted by Crippen LogP contribution is 2.46. The fourth-order valence-electron chi connectivity index (χ4n) is 2.09. The van der Waals surface area contributed by atoms with Crippen LogP contribution < -0.4 is 0 Å². The summed E-state index contributed by atoms with van der Waals surface area (Å²) in [6, 6.07) is 1.38. The van der Waals surface area contributed by atoms with Gasteiger partial charge in [-0.15, -0.1) is 9.05 Å². The zero-order chi connectivity index (χ0) is 23.9. The Labute approximate surface area is 178 Å². The van der Waals surface area contributed by atoms with Crippen molar-refractivity contribution in [2.24, 2.45) is 0 Å². The Morgan fingerprint density at radius 2 is 1.21 bits per heavy atom. The minimum absolute atomic E-state index is 0.290. The summed E-state index contributed by atoms with van der Waals surface area (Å²) < 4.78 is 40.0. The minimum Gasteiger partial charge on any atom is -0.384 e. The Morgan fingerprint density at radius 1 is 0.862 bits per heavy atom. The monoisotopic (exact) mass is 464 g/mol. The summed E-state index contributed by atoms with van der Waals surface area (Å²) in [5, 5.41) is 8.53. The normalized spacial score (nSPS) is 10.5. The average molecular weight is 464 g/mol. The van der Waals surface area contributed by atoms with E-state index in [0.29, 0.717) is 25.3 Å². The predicted molar refractivity (Wildman–Crippen MR) is 119 cm³/mol. The molecule has 0 unspecified atom stereocenters. The molecule has 1 N–H and O–H groups in total. The molecule has 0 heterocycles. The van der Waals surface area contributed by atoms with Crippen molar-refractivity contribution < 1.29 is 37.1 Å². The summed E-state index contributed by atoms with van der Waals surface area (Å²) >= 11 is 0. The first-order valence-corrected chi connectivity index (χ1v) is 12.7. The predicted octanol–water partition coefficient (Wildman–Crippen LogP) is 4.86. The molecule has 0 aromatic carbocycles. The summed E-state index contributed by atoms with van der Waals surface area (Å²) in [5.74, 6) is 0. The van der Waals surface area contributed by atoms with Crippen molar-refractivity contribution in [3.63, 3.8) is 0 Å². The van der Waals surface area contributed by atoms with E-state index < -0.39 is 22.2 Å². The molecule has 0 amide bonds. The fourth-order valence-corrected chi connectivity index (χ4v) is 3.61. The summed E-state index contributed by atoms with van der Waals surface area (Å²) in [6.07, 6.45) is -0.547. The topological polar surface area (TPSA) is 112 Å². The number of carbonyl (C=O) groups excluding carboxylic acids is 1. The molecule has 0 spiro atoms. The zero-order valence-corrected chi connectivity index (χ0v) is 21.5. The van der Waals surface area contributed by atoms with Crippen molar-refractivity contribution in [2.75, 3.05) is 39.3 Å². The first-order chi connectivity index (χ1) is 13.6. The van der Waals surface area contributed by atoms with Crippen molar-refractivity contribution in [2.45, 2.75) is 74.4 Å². The van der Waals surface area contributed by atoms with E-state index in [1.807, 2.05) is 6.79 Å². The van der Waals surface area contributed by atoms with E-state index in [4.69, 9.17) is 18.9 Å². The molecular formula is C18H44NO8P2+. The first-order valence-electron chi connectivity index (χ1n) is 9.85. The summed E-state index contributed by atoms with van der Waals surface area (Å²) in [4.78, 5) is 10.5. The van der Waals surface area contributed by atoms with Crippen LogP contribution in [0, 0.1) is 0 Å². The number of aliphatic hydroxyl groups is 1. The molecule has 0 aliphatic heterocycles. The highest BCUT2D eigenvalue weighted by Gasteiger charge is 2.21. The molecule has 0 aromatic rings. The van der Waals surface area contributed by atoms with Crippen molar-refractivity contribution in [1.82, 2.24) is 4.90 Å². The van der Waals surface area contributed by atoms with Gasteiger partial charge in [0.1, 0.15) is 26.4 Å². The molecule has 0 fully saturated rings. The van der Waals surface area contributed by atoms with Crippen molar-refractivity contribution >= 4 is 22.6 Å². The van der Waals surface area contributed by atoms with Crippen LogP contribution in [0.3, 0.4) is 0 Å². The smallest absolute Gasteiger partial charge is 0.384 e. The standard InChI is InChI=1S/C8H19N.C5H13O4P.C4H10O3P.CH2O/c1-6-9(7(2)3)8(4)5;1-3-8-10(7,5-6)9-4-2;1-3-6-8(5)7-4-2;1-2/h7-8H,6H2,1-5H3;6H,3-5H2,1-2H3;3-4H2,1-2H3;1H2/q;;+1;. The quantitative estimate of drug-likeness (QED) is 0.405. The number of nitrogens with zero attached hydrogens (tertiary/aromatic N) is 1. The summed E-state index contributed by atoms with van der Waals surface area (Å²) in [7, 11) is -4.98. The molecule has 0 saturated carbocycles. The Hall–Kier alpha value is -0.240. The van der Waals surface area contributed by atoms with Crippen LogP contribution in [0.4, 0.5) is 0 Å². The van der Waals surface area contributed by atoms with Gasteiger partial charge in [-0.3, -0.25) is 9.46 Å². The molecule has 0 radical (unpaired) electrons. The van der Waals surface area contributed by atoms with E-state index in [1.54, 1.807) is 27.7 Å². The van der Waals surface area contributed by atoms with Gasteiger partial charge in [-0.25, -0.2) is 0 Å². The van der Waals surface area contributed by atoms with Gasteiger partial charge in [0.25, 0.3) is 0 Å². The van der Waals surface area contributed by atoms with Crippen LogP contribution in [0.5, 0.6) is 0 Å². The van der Waals surface area contributed by atoms with E-state index >= 15 is 0 Å². The molecule has 9 nitrogen and oxygen atoms in total.